The molecule has 1 aliphatic carbocycles. The molecule has 7 heteroatoms. The molecule has 0 radical (unpaired) electrons. The van der Waals surface area contributed by atoms with Gasteiger partial charge in [0.2, 0.25) is 0 Å². The third kappa shape index (κ3) is 2.06. The number of aromatic amines is 1. The second kappa shape index (κ2) is 5.53. The van der Waals surface area contributed by atoms with Gasteiger partial charge in [-0.3, -0.25) is 0 Å². The van der Waals surface area contributed by atoms with E-state index in [0.717, 1.165) is 12.1 Å². The maximum absolute atomic E-state index is 12.1. The maximum Gasteiger partial charge on any atom is 0.138 e. The highest BCUT2D eigenvalue weighted by Gasteiger charge is 2.46. The zero-order valence-corrected chi connectivity index (χ0v) is 15.3. The van der Waals surface area contributed by atoms with Gasteiger partial charge < -0.3 is 9.55 Å². The lowest BCUT2D eigenvalue weighted by Gasteiger charge is -2.49. The quantitative estimate of drug-likeness (QED) is 0.604. The van der Waals surface area contributed by atoms with E-state index in [1.54, 1.807) is 0 Å². The Bertz CT molecular complexity index is 1080. The number of aromatic nitrogens is 3. The number of pyridine rings is 1. The lowest BCUT2D eigenvalue weighted by atomic mass is 9.89. The summed E-state index contributed by atoms with van der Waals surface area (Å²) >= 11 is 0. The van der Waals surface area contributed by atoms with Crippen LogP contribution in [-0.2, 0) is 22.9 Å². The van der Waals surface area contributed by atoms with E-state index >= 15 is 0 Å². The minimum absolute atomic E-state index is 0.279. The van der Waals surface area contributed by atoms with E-state index in [9.17, 15) is 9.47 Å². The van der Waals surface area contributed by atoms with E-state index in [2.05, 4.69) is 39.1 Å². The molecule has 26 heavy (non-hydrogen) atoms. The number of H-pyrrole nitrogens is 1. The van der Waals surface area contributed by atoms with Crippen LogP contribution in [0.25, 0.3) is 22.2 Å². The summed E-state index contributed by atoms with van der Waals surface area (Å²) in [5.74, 6) is 0.620. The summed E-state index contributed by atoms with van der Waals surface area (Å²) in [6, 6.07) is 4.40. The number of nitrogens with one attached hydrogen (secondary N) is 1. The molecule has 0 aromatic carbocycles. The highest BCUT2D eigenvalue weighted by atomic mass is 32.2. The van der Waals surface area contributed by atoms with Crippen LogP contribution in [0.15, 0.2) is 30.9 Å². The zero-order chi connectivity index (χ0) is 17.9. The minimum Gasteiger partial charge on any atom is -0.346 e. The molecule has 6 nitrogen and oxygen atoms in total. The van der Waals surface area contributed by atoms with Gasteiger partial charge in [-0.2, -0.15) is 5.26 Å². The van der Waals surface area contributed by atoms with Crippen molar-refractivity contribution in [2.75, 3.05) is 18.8 Å². The van der Waals surface area contributed by atoms with Gasteiger partial charge in [-0.15, -0.1) is 0 Å². The molecule has 3 aromatic rings. The summed E-state index contributed by atoms with van der Waals surface area (Å²) in [5.41, 5.74) is 5.61. The van der Waals surface area contributed by atoms with E-state index in [1.165, 1.54) is 27.6 Å². The van der Waals surface area contributed by atoms with E-state index in [1.807, 2.05) is 23.6 Å². The molecule has 3 aromatic heterocycles. The van der Waals surface area contributed by atoms with Gasteiger partial charge in [0.05, 0.1) is 29.0 Å². The van der Waals surface area contributed by atoms with Crippen LogP contribution in [-0.4, -0.2) is 41.9 Å². The number of rotatable bonds is 4. The Hall–Kier alpha value is -2.43. The average Bonchev–Trinajstić information content (AvgIpc) is 3.23. The fourth-order valence-electron chi connectivity index (χ4n) is 4.30. The number of nitriles is 1. The van der Waals surface area contributed by atoms with Crippen molar-refractivity contribution in [1.29, 1.82) is 5.26 Å². The molecular weight excluding hydrogens is 346 g/mol. The molecule has 0 amide bonds. The van der Waals surface area contributed by atoms with Crippen LogP contribution in [0.2, 0.25) is 0 Å². The Labute approximate surface area is 154 Å². The number of fused-ring (bicyclic) bond motifs is 2. The van der Waals surface area contributed by atoms with E-state index in [0.29, 0.717) is 25.3 Å². The molecule has 132 valence electrons. The smallest absolute Gasteiger partial charge is 0.138 e. The first-order valence-corrected chi connectivity index (χ1v) is 10.1. The first-order chi connectivity index (χ1) is 12.6. The van der Waals surface area contributed by atoms with Gasteiger partial charge in [0.1, 0.15) is 5.65 Å². The number of nitrogens with zero attached hydrogens (tertiary/aromatic N) is 4. The van der Waals surface area contributed by atoms with Crippen molar-refractivity contribution in [3.8, 4) is 17.2 Å². The predicted molar refractivity (Wildman–Crippen MR) is 101 cm³/mol. The van der Waals surface area contributed by atoms with Crippen molar-refractivity contribution in [2.45, 2.75) is 25.3 Å². The van der Waals surface area contributed by atoms with Crippen molar-refractivity contribution in [3.05, 3.63) is 42.0 Å². The van der Waals surface area contributed by atoms with Crippen molar-refractivity contribution in [2.24, 2.45) is 0 Å². The lowest BCUT2D eigenvalue weighted by Crippen LogP contribution is -2.62. The van der Waals surface area contributed by atoms with E-state index in [-0.39, 0.29) is 5.54 Å². The van der Waals surface area contributed by atoms with Crippen LogP contribution < -0.4 is 0 Å². The lowest BCUT2D eigenvalue weighted by molar-refractivity contribution is 0.0901. The Morgan fingerprint density at radius 2 is 2.19 bits per heavy atom. The fourth-order valence-corrected chi connectivity index (χ4v) is 5.43. The van der Waals surface area contributed by atoms with Crippen LogP contribution in [0, 0.1) is 11.3 Å². The topological polar surface area (TPSA) is 77.7 Å². The second-order valence-corrected chi connectivity index (χ2v) is 8.88. The van der Waals surface area contributed by atoms with Gasteiger partial charge >= 0.3 is 0 Å². The Kier molecular flexibility index (Phi) is 3.36. The number of hydrogen-bond acceptors (Lipinski definition) is 3. The largest absolute Gasteiger partial charge is 0.346 e. The molecule has 1 N–H and O–H groups in total. The highest BCUT2D eigenvalue weighted by molar-refractivity contribution is 7.82. The molecule has 0 spiro atoms. The monoisotopic (exact) mass is 365 g/mol. The minimum atomic E-state index is -0.950. The van der Waals surface area contributed by atoms with Crippen molar-refractivity contribution in [3.63, 3.8) is 0 Å². The first kappa shape index (κ1) is 15.8. The average molecular weight is 365 g/mol. The zero-order valence-electron chi connectivity index (χ0n) is 14.5. The summed E-state index contributed by atoms with van der Waals surface area (Å²) in [7, 11) is -0.950. The summed E-state index contributed by atoms with van der Waals surface area (Å²) in [6.45, 7) is 3.25. The molecule has 1 unspecified atom stereocenters. The molecule has 0 saturated carbocycles. The summed E-state index contributed by atoms with van der Waals surface area (Å²) in [5, 5.41) is 10.6. The van der Waals surface area contributed by atoms with Crippen LogP contribution in [0.4, 0.5) is 0 Å². The summed E-state index contributed by atoms with van der Waals surface area (Å²) in [6.07, 6.45) is 9.53. The second-order valence-electron chi connectivity index (χ2n) is 7.14. The molecular formula is C19H19N5OS. The third-order valence-corrected chi connectivity index (χ3v) is 7.00. The van der Waals surface area contributed by atoms with Gasteiger partial charge in [0.15, 0.2) is 0 Å². The Balaban J connectivity index is 1.57. The molecule has 4 heterocycles. The summed E-state index contributed by atoms with van der Waals surface area (Å²) < 4.78 is 16.3. The molecule has 1 saturated heterocycles. The Morgan fingerprint density at radius 1 is 1.35 bits per heavy atom. The highest BCUT2D eigenvalue weighted by Crippen LogP contribution is 2.42. The van der Waals surface area contributed by atoms with E-state index < -0.39 is 11.0 Å². The van der Waals surface area contributed by atoms with Gasteiger partial charge in [0, 0.05) is 61.0 Å². The SMILES string of the molecule is CCS(=O)N1CC(CC#N)(n2cc3c(c2)-c2ccnc4[nH]cc(c24)C3)C1. The first-order valence-electron chi connectivity index (χ1n) is 8.82. The normalized spacial score (nSPS) is 18.9. The van der Waals surface area contributed by atoms with Gasteiger partial charge in [0.25, 0.3) is 0 Å². The molecule has 1 fully saturated rings. The summed E-state index contributed by atoms with van der Waals surface area (Å²) in [4.78, 5) is 7.68. The van der Waals surface area contributed by atoms with Gasteiger partial charge in [-0.1, -0.05) is 6.92 Å². The number of hydrogen-bond donors (Lipinski definition) is 1. The van der Waals surface area contributed by atoms with Crippen LogP contribution >= 0.6 is 0 Å². The Morgan fingerprint density at radius 3 is 2.96 bits per heavy atom. The molecule has 0 bridgehead atoms. The van der Waals surface area contributed by atoms with Crippen LogP contribution in [0.5, 0.6) is 0 Å². The maximum atomic E-state index is 12.1. The van der Waals surface area contributed by atoms with Crippen molar-refractivity contribution >= 4 is 22.0 Å². The fraction of sp³-hybridized carbons (Fsp3) is 0.368. The van der Waals surface area contributed by atoms with Crippen LogP contribution in [0.3, 0.4) is 0 Å². The standard InChI is InChI=1S/C19H19N5OS/c1-2-26(25)24-11-19(12-24,4-5-20)23-9-14-7-13-8-22-18-17(13)15(3-6-21-18)16(14)10-23/h3,6,8-10H,2,4,7,11-12H2,1H3,(H,21,22). The van der Waals surface area contributed by atoms with Gasteiger partial charge in [-0.25, -0.2) is 13.5 Å². The van der Waals surface area contributed by atoms with Crippen molar-refractivity contribution in [1.82, 2.24) is 18.8 Å². The van der Waals surface area contributed by atoms with Gasteiger partial charge in [-0.05, 0) is 22.8 Å². The molecule has 1 atom stereocenters. The predicted octanol–water partition coefficient (Wildman–Crippen LogP) is 2.54. The van der Waals surface area contributed by atoms with E-state index in [4.69, 9.17) is 0 Å². The van der Waals surface area contributed by atoms with Crippen molar-refractivity contribution < 1.29 is 4.21 Å². The molecule has 2 aliphatic rings. The molecule has 1 aliphatic heterocycles. The molecule has 5 rings (SSSR count). The van der Waals surface area contributed by atoms with Crippen LogP contribution in [0.1, 0.15) is 24.5 Å². The third-order valence-electron chi connectivity index (χ3n) is 5.67.